The Bertz CT molecular complexity index is 282. The van der Waals surface area contributed by atoms with Gasteiger partial charge in [-0.05, 0) is 29.5 Å². The molecule has 0 N–H and O–H groups in total. The molecule has 2 atom stereocenters. The van der Waals surface area contributed by atoms with E-state index in [-0.39, 0.29) is 0 Å². The SMILES string of the molecule is CCCCC[C@H](I)[C@@H](CCCCC)O[Si](C(C)C)(C(C)C)C(C)C. The van der Waals surface area contributed by atoms with Crippen LogP contribution in [-0.2, 0) is 4.43 Å². The van der Waals surface area contributed by atoms with Crippen molar-refractivity contribution < 1.29 is 4.43 Å². The van der Waals surface area contributed by atoms with E-state index in [1.54, 1.807) is 0 Å². The smallest absolute Gasteiger partial charge is 0.200 e. The molecule has 146 valence electrons. The molecular formula is C21H45IOSi. The van der Waals surface area contributed by atoms with Gasteiger partial charge in [0.25, 0.3) is 0 Å². The summed E-state index contributed by atoms with van der Waals surface area (Å²) in [5.74, 6) is 0. The van der Waals surface area contributed by atoms with E-state index in [4.69, 9.17) is 4.43 Å². The Labute approximate surface area is 168 Å². The van der Waals surface area contributed by atoms with E-state index < -0.39 is 8.32 Å². The number of hydrogen-bond donors (Lipinski definition) is 0. The summed E-state index contributed by atoms with van der Waals surface area (Å²) in [5, 5.41) is 0. The first-order valence-electron chi connectivity index (χ1n) is 10.6. The van der Waals surface area contributed by atoms with Gasteiger partial charge in [0.2, 0.25) is 8.32 Å². The molecule has 0 aromatic carbocycles. The first-order chi connectivity index (χ1) is 11.2. The van der Waals surface area contributed by atoms with Crippen molar-refractivity contribution in [2.75, 3.05) is 0 Å². The van der Waals surface area contributed by atoms with Gasteiger partial charge < -0.3 is 4.43 Å². The average molecular weight is 469 g/mol. The number of rotatable bonds is 14. The lowest BCUT2D eigenvalue weighted by atomic mass is 10.0. The average Bonchev–Trinajstić information content (AvgIpc) is 2.49. The molecule has 0 aromatic rings. The van der Waals surface area contributed by atoms with E-state index in [1.165, 1.54) is 51.4 Å². The van der Waals surface area contributed by atoms with Crippen molar-refractivity contribution in [2.45, 2.75) is 133 Å². The first-order valence-corrected chi connectivity index (χ1v) is 13.9. The highest BCUT2D eigenvalue weighted by molar-refractivity contribution is 14.1. The molecule has 0 spiro atoms. The van der Waals surface area contributed by atoms with E-state index in [2.05, 4.69) is 78.0 Å². The zero-order chi connectivity index (χ0) is 18.8. The summed E-state index contributed by atoms with van der Waals surface area (Å²) in [6.07, 6.45) is 11.1. The molecule has 0 aliphatic heterocycles. The molecule has 0 saturated carbocycles. The fourth-order valence-electron chi connectivity index (χ4n) is 4.35. The highest BCUT2D eigenvalue weighted by Gasteiger charge is 2.47. The monoisotopic (exact) mass is 468 g/mol. The van der Waals surface area contributed by atoms with Gasteiger partial charge >= 0.3 is 0 Å². The molecule has 0 radical (unpaired) electrons. The van der Waals surface area contributed by atoms with Crippen LogP contribution in [-0.4, -0.2) is 18.3 Å². The van der Waals surface area contributed by atoms with Crippen molar-refractivity contribution in [3.63, 3.8) is 0 Å². The molecule has 3 heteroatoms. The van der Waals surface area contributed by atoms with Crippen molar-refractivity contribution >= 4 is 30.9 Å². The second kappa shape index (κ2) is 13.1. The van der Waals surface area contributed by atoms with Gasteiger partial charge in [0.1, 0.15) is 0 Å². The lowest BCUT2D eigenvalue weighted by molar-refractivity contribution is 0.158. The summed E-state index contributed by atoms with van der Waals surface area (Å²) in [6, 6.07) is 0. The molecule has 0 aromatic heterocycles. The van der Waals surface area contributed by atoms with E-state index in [1.807, 2.05) is 0 Å². The minimum atomic E-state index is -1.77. The van der Waals surface area contributed by atoms with Crippen LogP contribution in [0.15, 0.2) is 0 Å². The van der Waals surface area contributed by atoms with Crippen LogP contribution >= 0.6 is 22.6 Å². The normalized spacial score (nSPS) is 15.5. The second-order valence-electron chi connectivity index (χ2n) is 8.48. The Morgan fingerprint density at radius 3 is 1.50 bits per heavy atom. The van der Waals surface area contributed by atoms with E-state index in [0.717, 1.165) is 0 Å². The van der Waals surface area contributed by atoms with Crippen LogP contribution < -0.4 is 0 Å². The van der Waals surface area contributed by atoms with Crippen molar-refractivity contribution in [1.29, 1.82) is 0 Å². The van der Waals surface area contributed by atoms with Gasteiger partial charge in [-0.25, -0.2) is 0 Å². The highest BCUT2D eigenvalue weighted by Crippen LogP contribution is 2.44. The van der Waals surface area contributed by atoms with E-state index in [0.29, 0.717) is 26.7 Å². The van der Waals surface area contributed by atoms with Crippen molar-refractivity contribution in [2.24, 2.45) is 0 Å². The molecule has 0 unspecified atom stereocenters. The fraction of sp³-hybridized carbons (Fsp3) is 1.00. The van der Waals surface area contributed by atoms with Crippen LogP contribution in [0.25, 0.3) is 0 Å². The number of alkyl halides is 1. The summed E-state index contributed by atoms with van der Waals surface area (Å²) in [7, 11) is -1.77. The molecule has 0 amide bonds. The van der Waals surface area contributed by atoms with Gasteiger partial charge in [-0.2, -0.15) is 0 Å². The van der Waals surface area contributed by atoms with Crippen LogP contribution in [0.2, 0.25) is 16.6 Å². The first kappa shape index (κ1) is 24.9. The van der Waals surface area contributed by atoms with Crippen LogP contribution in [0.1, 0.15) is 107 Å². The molecule has 0 aliphatic carbocycles. The van der Waals surface area contributed by atoms with Crippen LogP contribution in [0.4, 0.5) is 0 Å². The third kappa shape index (κ3) is 7.65. The Hall–Kier alpha value is 0.907. The van der Waals surface area contributed by atoms with Gasteiger partial charge in [0, 0.05) is 3.92 Å². The zero-order valence-corrected chi connectivity index (χ0v) is 21.0. The Morgan fingerprint density at radius 2 is 1.12 bits per heavy atom. The summed E-state index contributed by atoms with van der Waals surface area (Å²) in [5.41, 5.74) is 2.06. The molecule has 0 heterocycles. The van der Waals surface area contributed by atoms with Crippen LogP contribution in [0.5, 0.6) is 0 Å². The van der Waals surface area contributed by atoms with E-state index >= 15 is 0 Å². The molecule has 0 bridgehead atoms. The topological polar surface area (TPSA) is 9.23 Å². The van der Waals surface area contributed by atoms with Crippen LogP contribution in [0.3, 0.4) is 0 Å². The summed E-state index contributed by atoms with van der Waals surface area (Å²) in [4.78, 5) is 0. The molecule has 0 saturated heterocycles. The van der Waals surface area contributed by atoms with Crippen molar-refractivity contribution in [3.05, 3.63) is 0 Å². The van der Waals surface area contributed by atoms with Crippen molar-refractivity contribution in [3.8, 4) is 0 Å². The Balaban J connectivity index is 5.21. The maximum atomic E-state index is 7.19. The van der Waals surface area contributed by atoms with Gasteiger partial charge in [0.05, 0.1) is 6.10 Å². The minimum absolute atomic E-state index is 0.466. The van der Waals surface area contributed by atoms with Gasteiger partial charge in [-0.3, -0.25) is 0 Å². The van der Waals surface area contributed by atoms with E-state index in [9.17, 15) is 0 Å². The fourth-order valence-corrected chi connectivity index (χ4v) is 11.2. The Morgan fingerprint density at radius 1 is 0.708 bits per heavy atom. The summed E-state index contributed by atoms with van der Waals surface area (Å²) in [6.45, 7) is 19.1. The van der Waals surface area contributed by atoms with Gasteiger partial charge in [-0.15, -0.1) is 0 Å². The predicted octanol–water partition coefficient (Wildman–Crippen LogP) is 8.51. The highest BCUT2D eigenvalue weighted by atomic mass is 127. The third-order valence-corrected chi connectivity index (χ3v) is 13.2. The number of halogens is 1. The Kier molecular flexibility index (Phi) is 13.6. The summed E-state index contributed by atoms with van der Waals surface area (Å²) < 4.78 is 7.87. The molecule has 0 rings (SSSR count). The molecular weight excluding hydrogens is 423 g/mol. The van der Waals surface area contributed by atoms with Crippen molar-refractivity contribution in [1.82, 2.24) is 0 Å². The predicted molar refractivity (Wildman–Crippen MR) is 122 cm³/mol. The zero-order valence-electron chi connectivity index (χ0n) is 17.8. The molecule has 0 aliphatic rings. The maximum absolute atomic E-state index is 7.19. The second-order valence-corrected chi connectivity index (χ2v) is 15.5. The minimum Gasteiger partial charge on any atom is -0.412 e. The number of unbranched alkanes of at least 4 members (excludes halogenated alkanes) is 4. The van der Waals surface area contributed by atoms with Crippen LogP contribution in [0, 0.1) is 0 Å². The largest absolute Gasteiger partial charge is 0.412 e. The van der Waals surface area contributed by atoms with Gasteiger partial charge in [-0.1, -0.05) is 117 Å². The van der Waals surface area contributed by atoms with Gasteiger partial charge in [0.15, 0.2) is 0 Å². The lowest BCUT2D eigenvalue weighted by Crippen LogP contribution is -2.51. The lowest BCUT2D eigenvalue weighted by Gasteiger charge is -2.45. The maximum Gasteiger partial charge on any atom is 0.200 e. The summed E-state index contributed by atoms with van der Waals surface area (Å²) >= 11 is 2.70. The molecule has 1 nitrogen and oxygen atoms in total. The molecule has 0 fully saturated rings. The quantitative estimate of drug-likeness (QED) is 0.107. The molecule has 24 heavy (non-hydrogen) atoms. The standard InChI is InChI=1S/C21H45IOSi/c1-9-11-13-15-20(22)21(16-14-12-10-2)23-24(17(3)4,18(5)6)19(7)8/h17-21H,9-16H2,1-8H3/t20-,21+/m0/s1. The number of hydrogen-bond acceptors (Lipinski definition) is 1. The third-order valence-electron chi connectivity index (χ3n) is 5.64.